The summed E-state index contributed by atoms with van der Waals surface area (Å²) in [4.78, 5) is 59.9. The molecule has 1 N–H and O–H groups in total. The van der Waals surface area contributed by atoms with Crippen LogP contribution in [-0.4, -0.2) is 47.3 Å². The van der Waals surface area contributed by atoms with Crippen molar-refractivity contribution in [2.45, 2.75) is 37.5 Å². The number of phenols is 1. The Morgan fingerprint density at radius 1 is 0.933 bits per heavy atom. The smallest absolute Gasteiger partial charge is 0.246 e. The summed E-state index contributed by atoms with van der Waals surface area (Å²) in [6, 6.07) is 20.7. The summed E-state index contributed by atoms with van der Waals surface area (Å²) in [5, 5.41) is 11.9. The lowest BCUT2D eigenvalue weighted by atomic mass is 9.49. The topological polar surface area (TPSA) is 104 Å². The van der Waals surface area contributed by atoms with Crippen LogP contribution in [0.25, 0.3) is 0 Å². The Balaban J connectivity index is 1.51. The normalized spacial score (nSPS) is 29.0. The van der Waals surface area contributed by atoms with E-state index in [4.69, 9.17) is 16.3 Å². The highest BCUT2D eigenvalue weighted by Gasteiger charge is 2.70. The molecule has 3 fully saturated rings. The van der Waals surface area contributed by atoms with Gasteiger partial charge in [0, 0.05) is 23.0 Å². The molecule has 2 aliphatic heterocycles. The molecule has 45 heavy (non-hydrogen) atoms. The number of anilines is 1. The average Bonchev–Trinajstić information content (AvgIpc) is 3.42. The minimum Gasteiger partial charge on any atom is -0.508 e. The van der Waals surface area contributed by atoms with Crippen molar-refractivity contribution in [2.24, 2.45) is 23.7 Å². The predicted octanol–water partition coefficient (Wildman–Crippen LogP) is 5.63. The molecule has 2 heterocycles. The second-order valence-corrected chi connectivity index (χ2v) is 12.8. The third-order valence-electron chi connectivity index (χ3n) is 10.3. The number of carbonyl (C=O) groups is 4. The molecule has 3 aromatic rings. The Labute approximate surface area is 266 Å². The molecule has 6 unspecified atom stereocenters. The number of hydrogen-bond donors (Lipinski definition) is 1. The zero-order chi connectivity index (χ0) is 31.6. The van der Waals surface area contributed by atoms with Crippen LogP contribution < -0.4 is 9.64 Å². The van der Waals surface area contributed by atoms with E-state index in [1.165, 1.54) is 23.0 Å². The van der Waals surface area contributed by atoms with Crippen molar-refractivity contribution in [3.05, 3.63) is 101 Å². The van der Waals surface area contributed by atoms with Gasteiger partial charge in [0.05, 0.1) is 36.0 Å². The molecule has 9 heteroatoms. The first-order valence-electron chi connectivity index (χ1n) is 15.4. The molecule has 2 aliphatic carbocycles. The fourth-order valence-electron chi connectivity index (χ4n) is 8.49. The summed E-state index contributed by atoms with van der Waals surface area (Å²) in [5.41, 5.74) is 0.733. The van der Waals surface area contributed by atoms with E-state index in [1.807, 2.05) is 43.3 Å². The minimum absolute atomic E-state index is 0.0542. The van der Waals surface area contributed by atoms with E-state index < -0.39 is 46.8 Å². The first-order chi connectivity index (χ1) is 21.7. The van der Waals surface area contributed by atoms with E-state index in [0.29, 0.717) is 47.0 Å². The number of ether oxygens (including phenoxy) is 1. The van der Waals surface area contributed by atoms with Gasteiger partial charge in [-0.2, -0.15) is 0 Å². The van der Waals surface area contributed by atoms with E-state index in [-0.39, 0.29) is 24.0 Å². The molecule has 3 aromatic carbocycles. The number of carbonyl (C=O) groups excluding carboxylic acids is 4. The zero-order valence-corrected chi connectivity index (χ0v) is 25.7. The summed E-state index contributed by atoms with van der Waals surface area (Å²) >= 11 is 6.35. The van der Waals surface area contributed by atoms with Crippen LogP contribution in [0.1, 0.15) is 43.2 Å². The maximum absolute atomic E-state index is 15.2. The number of allylic oxidation sites excluding steroid dienone is 2. The number of likely N-dealkylation sites (tertiary alicyclic amines) is 1. The SMILES string of the molecule is CCCN1C(=O)C2CC=C3C(CC4C(=O)N(c5cccc(Cl)c5)C(=O)C4(c4ccccc4)C3c3cc(OC)ccc3O)C2C1=O. The van der Waals surface area contributed by atoms with Crippen LogP contribution in [0.2, 0.25) is 5.02 Å². The van der Waals surface area contributed by atoms with Crippen molar-refractivity contribution in [2.75, 3.05) is 18.6 Å². The molecule has 0 spiro atoms. The molecule has 2 saturated heterocycles. The van der Waals surface area contributed by atoms with Gasteiger partial charge >= 0.3 is 0 Å². The van der Waals surface area contributed by atoms with Crippen LogP contribution in [0.15, 0.2) is 84.4 Å². The number of benzene rings is 3. The van der Waals surface area contributed by atoms with Gasteiger partial charge in [0.15, 0.2) is 0 Å². The van der Waals surface area contributed by atoms with Gasteiger partial charge in [0.25, 0.3) is 0 Å². The number of fused-ring (bicyclic) bond motifs is 4. The predicted molar refractivity (Wildman–Crippen MR) is 168 cm³/mol. The van der Waals surface area contributed by atoms with E-state index in [0.717, 1.165) is 5.57 Å². The van der Waals surface area contributed by atoms with Crippen LogP contribution in [0, 0.1) is 23.7 Å². The molecule has 0 aromatic heterocycles. The zero-order valence-electron chi connectivity index (χ0n) is 25.0. The average molecular weight is 625 g/mol. The Hall–Kier alpha value is -4.43. The van der Waals surface area contributed by atoms with Crippen LogP contribution in [0.4, 0.5) is 5.69 Å². The molecule has 4 amide bonds. The number of methoxy groups -OCH3 is 1. The van der Waals surface area contributed by atoms with Gasteiger partial charge in [0.2, 0.25) is 23.6 Å². The van der Waals surface area contributed by atoms with Crippen LogP contribution >= 0.6 is 11.6 Å². The number of hydrogen-bond acceptors (Lipinski definition) is 6. The highest BCUT2D eigenvalue weighted by atomic mass is 35.5. The lowest BCUT2D eigenvalue weighted by molar-refractivity contribution is -0.140. The summed E-state index contributed by atoms with van der Waals surface area (Å²) in [5.74, 6) is -4.23. The lowest BCUT2D eigenvalue weighted by Crippen LogP contribution is -2.53. The van der Waals surface area contributed by atoms with Gasteiger partial charge in [-0.25, -0.2) is 4.90 Å². The summed E-state index contributed by atoms with van der Waals surface area (Å²) in [6.07, 6.45) is 3.15. The molecule has 0 radical (unpaired) electrons. The first-order valence-corrected chi connectivity index (χ1v) is 15.7. The third kappa shape index (κ3) is 4.11. The van der Waals surface area contributed by atoms with Gasteiger partial charge in [-0.15, -0.1) is 0 Å². The number of phenolic OH excluding ortho intramolecular Hbond substituents is 1. The molecule has 6 atom stereocenters. The summed E-state index contributed by atoms with van der Waals surface area (Å²) in [7, 11) is 1.52. The molecular formula is C36H33ClN2O6. The van der Waals surface area contributed by atoms with Crippen molar-refractivity contribution in [1.82, 2.24) is 4.90 Å². The van der Waals surface area contributed by atoms with Crippen LogP contribution in [0.3, 0.4) is 0 Å². The van der Waals surface area contributed by atoms with Gasteiger partial charge in [-0.1, -0.05) is 66.6 Å². The summed E-state index contributed by atoms with van der Waals surface area (Å²) in [6.45, 7) is 2.26. The Bertz CT molecular complexity index is 1770. The van der Waals surface area contributed by atoms with E-state index in [2.05, 4.69) is 0 Å². The van der Waals surface area contributed by atoms with Gasteiger partial charge in [0.1, 0.15) is 11.5 Å². The molecule has 8 nitrogen and oxygen atoms in total. The fraction of sp³-hybridized carbons (Fsp3) is 0.333. The Morgan fingerprint density at radius 3 is 2.42 bits per heavy atom. The highest BCUT2D eigenvalue weighted by molar-refractivity contribution is 6.32. The highest BCUT2D eigenvalue weighted by Crippen LogP contribution is 2.65. The molecular weight excluding hydrogens is 592 g/mol. The van der Waals surface area contributed by atoms with E-state index in [1.54, 1.807) is 36.4 Å². The van der Waals surface area contributed by atoms with Gasteiger partial charge < -0.3 is 9.84 Å². The maximum Gasteiger partial charge on any atom is 0.246 e. The van der Waals surface area contributed by atoms with Crippen molar-refractivity contribution in [3.63, 3.8) is 0 Å². The Morgan fingerprint density at radius 2 is 1.71 bits per heavy atom. The van der Waals surface area contributed by atoms with Gasteiger partial charge in [-0.3, -0.25) is 24.1 Å². The monoisotopic (exact) mass is 624 g/mol. The second kappa shape index (κ2) is 10.9. The quantitative estimate of drug-likeness (QED) is 0.282. The van der Waals surface area contributed by atoms with E-state index in [9.17, 15) is 19.5 Å². The first kappa shape index (κ1) is 29.3. The minimum atomic E-state index is -1.46. The third-order valence-corrected chi connectivity index (χ3v) is 10.5. The largest absolute Gasteiger partial charge is 0.508 e. The number of amides is 4. The van der Waals surface area contributed by atoms with Crippen LogP contribution in [0.5, 0.6) is 11.5 Å². The summed E-state index contributed by atoms with van der Waals surface area (Å²) < 4.78 is 5.57. The van der Waals surface area contributed by atoms with E-state index >= 15 is 4.79 Å². The van der Waals surface area contributed by atoms with Crippen molar-refractivity contribution < 1.29 is 29.0 Å². The molecule has 0 bridgehead atoms. The Kier molecular flexibility index (Phi) is 7.08. The fourth-order valence-corrected chi connectivity index (χ4v) is 8.67. The lowest BCUT2D eigenvalue weighted by Gasteiger charge is -2.50. The molecule has 7 rings (SSSR count). The van der Waals surface area contributed by atoms with Gasteiger partial charge in [-0.05, 0) is 67.1 Å². The molecule has 1 saturated carbocycles. The number of nitrogens with zero attached hydrogens (tertiary/aromatic N) is 2. The number of aromatic hydroxyl groups is 1. The maximum atomic E-state index is 15.2. The molecule has 230 valence electrons. The van der Waals surface area contributed by atoms with Crippen molar-refractivity contribution >= 4 is 40.9 Å². The number of halogens is 1. The van der Waals surface area contributed by atoms with Crippen molar-refractivity contribution in [3.8, 4) is 11.5 Å². The number of imide groups is 2. The standard InChI is InChI=1S/C36H33ClN2O6/c1-3-16-38-32(41)25-14-13-24-26(30(25)34(38)43)19-28-33(42)39(22-11-7-10-21(37)17-22)35(44)36(28,20-8-5-4-6-9-20)31(24)27-18-23(45-2)12-15-29(27)40/h4-13,15,17-18,25-26,28,30-31,40H,3,14,16,19H2,1-2H3. The van der Waals surface area contributed by atoms with Crippen molar-refractivity contribution in [1.29, 1.82) is 0 Å². The number of rotatable bonds is 6. The van der Waals surface area contributed by atoms with Crippen LogP contribution in [-0.2, 0) is 24.6 Å². The second-order valence-electron chi connectivity index (χ2n) is 12.3. The molecule has 4 aliphatic rings.